The largest absolute Gasteiger partial charge is 0.297 e. The Morgan fingerprint density at radius 3 is 2.42 bits per heavy atom. The van der Waals surface area contributed by atoms with Crippen LogP contribution in [0.2, 0.25) is 0 Å². The van der Waals surface area contributed by atoms with E-state index in [1.165, 1.54) is 51.2 Å². The SMILES string of the molecule is c1ccc2c(c1)sc1c2ccc2sc3ccc4c5cccnc5c5nccn5c4c3c21. The molecule has 0 saturated heterocycles. The van der Waals surface area contributed by atoms with Crippen LogP contribution in [0.15, 0.2) is 79.3 Å². The topological polar surface area (TPSA) is 30.2 Å². The van der Waals surface area contributed by atoms with Crippen molar-refractivity contribution in [3.8, 4) is 0 Å². The highest BCUT2D eigenvalue weighted by atomic mass is 32.1. The molecule has 0 aliphatic heterocycles. The fourth-order valence-electron chi connectivity index (χ4n) is 5.04. The van der Waals surface area contributed by atoms with Gasteiger partial charge in [0.25, 0.3) is 0 Å². The molecule has 0 bridgehead atoms. The van der Waals surface area contributed by atoms with Crippen LogP contribution >= 0.6 is 22.7 Å². The number of imidazole rings is 1. The molecule has 3 aromatic carbocycles. The summed E-state index contributed by atoms with van der Waals surface area (Å²) >= 11 is 3.77. The van der Waals surface area contributed by atoms with Crippen LogP contribution in [0.3, 0.4) is 0 Å². The fraction of sp³-hybridized carbons (Fsp3) is 0. The van der Waals surface area contributed by atoms with Crippen molar-refractivity contribution in [2.75, 3.05) is 0 Å². The van der Waals surface area contributed by atoms with Gasteiger partial charge in [0.15, 0.2) is 5.65 Å². The zero-order valence-electron chi connectivity index (χ0n) is 16.2. The summed E-state index contributed by atoms with van der Waals surface area (Å²) in [6.45, 7) is 0. The number of aromatic nitrogens is 3. The molecule has 0 unspecified atom stereocenters. The van der Waals surface area contributed by atoms with Gasteiger partial charge in [0, 0.05) is 69.7 Å². The molecule has 5 heteroatoms. The molecule has 0 radical (unpaired) electrons. The maximum Gasteiger partial charge on any atom is 0.163 e. The lowest BCUT2D eigenvalue weighted by Crippen LogP contribution is -1.92. The summed E-state index contributed by atoms with van der Waals surface area (Å²) in [4.78, 5) is 9.33. The van der Waals surface area contributed by atoms with Gasteiger partial charge in [0.1, 0.15) is 5.52 Å². The second-order valence-corrected chi connectivity index (χ2v) is 10.0. The molecule has 31 heavy (non-hydrogen) atoms. The number of fused-ring (bicyclic) bond motifs is 14. The Bertz CT molecular complexity index is 2010. The summed E-state index contributed by atoms with van der Waals surface area (Å²) in [7, 11) is 0. The summed E-state index contributed by atoms with van der Waals surface area (Å²) in [6, 6.07) is 22.0. The van der Waals surface area contributed by atoms with E-state index in [4.69, 9.17) is 0 Å². The predicted molar refractivity (Wildman–Crippen MR) is 134 cm³/mol. The molecule has 8 aromatic rings. The first kappa shape index (κ1) is 16.2. The van der Waals surface area contributed by atoms with Crippen molar-refractivity contribution < 1.29 is 0 Å². The number of pyridine rings is 2. The van der Waals surface area contributed by atoms with Crippen LogP contribution in [0, 0.1) is 0 Å². The second kappa shape index (κ2) is 5.58. The van der Waals surface area contributed by atoms with Crippen molar-refractivity contribution in [3.05, 3.63) is 79.3 Å². The van der Waals surface area contributed by atoms with Gasteiger partial charge in [-0.3, -0.25) is 9.38 Å². The third-order valence-corrected chi connectivity index (χ3v) is 8.63. The molecular weight excluding hydrogens is 418 g/mol. The van der Waals surface area contributed by atoms with Gasteiger partial charge in [-0.1, -0.05) is 36.4 Å². The lowest BCUT2D eigenvalue weighted by atomic mass is 10.0. The van der Waals surface area contributed by atoms with Gasteiger partial charge in [0.05, 0.1) is 5.52 Å². The van der Waals surface area contributed by atoms with E-state index in [0.717, 1.165) is 16.6 Å². The Morgan fingerprint density at radius 2 is 1.45 bits per heavy atom. The monoisotopic (exact) mass is 431 g/mol. The normalized spacial score (nSPS) is 12.5. The molecule has 5 heterocycles. The number of rotatable bonds is 0. The smallest absolute Gasteiger partial charge is 0.163 e. The van der Waals surface area contributed by atoms with E-state index >= 15 is 0 Å². The van der Waals surface area contributed by atoms with Crippen LogP contribution in [0.5, 0.6) is 0 Å². The van der Waals surface area contributed by atoms with E-state index in [1.807, 2.05) is 41.1 Å². The van der Waals surface area contributed by atoms with Crippen LogP contribution in [-0.2, 0) is 0 Å². The summed E-state index contributed by atoms with van der Waals surface area (Å²) in [5, 5.41) is 7.74. The summed E-state index contributed by atoms with van der Waals surface area (Å²) < 4.78 is 7.58. The number of nitrogens with zero attached hydrogens (tertiary/aromatic N) is 3. The molecule has 0 spiro atoms. The van der Waals surface area contributed by atoms with E-state index in [1.54, 1.807) is 0 Å². The first-order valence-corrected chi connectivity index (χ1v) is 11.8. The quantitative estimate of drug-likeness (QED) is 0.230. The van der Waals surface area contributed by atoms with Crippen molar-refractivity contribution in [1.29, 1.82) is 0 Å². The molecule has 8 rings (SSSR count). The molecule has 0 atom stereocenters. The van der Waals surface area contributed by atoms with Gasteiger partial charge in [0.2, 0.25) is 0 Å². The minimum Gasteiger partial charge on any atom is -0.297 e. The zero-order valence-corrected chi connectivity index (χ0v) is 17.8. The summed E-state index contributed by atoms with van der Waals surface area (Å²) in [6.07, 6.45) is 5.80. The first-order valence-electron chi connectivity index (χ1n) is 10.2. The molecule has 0 saturated carbocycles. The number of benzene rings is 3. The average Bonchev–Trinajstić information content (AvgIpc) is 3.53. The van der Waals surface area contributed by atoms with Crippen molar-refractivity contribution in [2.24, 2.45) is 0 Å². The van der Waals surface area contributed by atoms with Gasteiger partial charge in [-0.15, -0.1) is 22.7 Å². The average molecular weight is 432 g/mol. The number of thiophene rings is 2. The van der Waals surface area contributed by atoms with Crippen LogP contribution in [0.1, 0.15) is 0 Å². The highest BCUT2D eigenvalue weighted by Gasteiger charge is 2.18. The Labute approximate surface area is 183 Å². The lowest BCUT2D eigenvalue weighted by Gasteiger charge is -2.09. The highest BCUT2D eigenvalue weighted by molar-refractivity contribution is 7.29. The molecule has 144 valence electrons. The lowest BCUT2D eigenvalue weighted by molar-refractivity contribution is 1.26. The van der Waals surface area contributed by atoms with Crippen molar-refractivity contribution in [2.45, 2.75) is 0 Å². The van der Waals surface area contributed by atoms with Crippen LogP contribution in [-0.4, -0.2) is 14.4 Å². The minimum atomic E-state index is 0.915. The zero-order chi connectivity index (χ0) is 20.1. The molecule has 0 aliphatic rings. The Kier molecular flexibility index (Phi) is 2.91. The van der Waals surface area contributed by atoms with Crippen LogP contribution in [0.25, 0.3) is 67.8 Å². The summed E-state index contributed by atoms with van der Waals surface area (Å²) in [5.74, 6) is 0. The second-order valence-electron chi connectivity index (χ2n) is 7.87. The molecular formula is C26H13N3S2. The number of hydrogen-bond donors (Lipinski definition) is 0. The van der Waals surface area contributed by atoms with Crippen molar-refractivity contribution in [3.63, 3.8) is 0 Å². The van der Waals surface area contributed by atoms with Gasteiger partial charge in [-0.2, -0.15) is 0 Å². The highest BCUT2D eigenvalue weighted by Crippen LogP contribution is 2.47. The van der Waals surface area contributed by atoms with E-state index < -0.39 is 0 Å². The molecule has 3 nitrogen and oxygen atoms in total. The van der Waals surface area contributed by atoms with Gasteiger partial charge < -0.3 is 0 Å². The molecule has 0 N–H and O–H groups in total. The molecule has 0 amide bonds. The standard InChI is InChI=1S/C26H13N3S2/c1-2-6-18-14(4-1)17-8-10-20-22(25(17)31-18)21-19(30-20)9-7-16-15-5-3-11-27-23(15)26-28-12-13-29(26)24(16)21/h1-13H. The molecule has 0 aliphatic carbocycles. The third kappa shape index (κ3) is 1.93. The van der Waals surface area contributed by atoms with Crippen molar-refractivity contribution in [1.82, 2.24) is 14.4 Å². The van der Waals surface area contributed by atoms with E-state index in [9.17, 15) is 0 Å². The Hall–Kier alpha value is -3.54. The van der Waals surface area contributed by atoms with Crippen LogP contribution < -0.4 is 0 Å². The Balaban J connectivity index is 1.74. The first-order chi connectivity index (χ1) is 15.4. The van der Waals surface area contributed by atoms with E-state index in [-0.39, 0.29) is 0 Å². The van der Waals surface area contributed by atoms with E-state index in [2.05, 4.69) is 75.2 Å². The van der Waals surface area contributed by atoms with E-state index in [0.29, 0.717) is 0 Å². The predicted octanol–water partition coefficient (Wildman–Crippen LogP) is 7.77. The maximum absolute atomic E-state index is 4.67. The maximum atomic E-state index is 4.67. The summed E-state index contributed by atoms with van der Waals surface area (Å²) in [5.41, 5.74) is 3.09. The van der Waals surface area contributed by atoms with Gasteiger partial charge >= 0.3 is 0 Å². The van der Waals surface area contributed by atoms with Crippen LogP contribution in [0.4, 0.5) is 0 Å². The fourth-order valence-corrected chi connectivity index (χ4v) is 7.48. The number of hydrogen-bond acceptors (Lipinski definition) is 4. The van der Waals surface area contributed by atoms with Gasteiger partial charge in [-0.25, -0.2) is 4.98 Å². The minimum absolute atomic E-state index is 0.915. The van der Waals surface area contributed by atoms with Crippen molar-refractivity contribution >= 4 is 90.5 Å². The molecule has 5 aromatic heterocycles. The Morgan fingerprint density at radius 1 is 0.613 bits per heavy atom. The third-order valence-electron chi connectivity index (χ3n) is 6.31. The molecule has 0 fully saturated rings. The van der Waals surface area contributed by atoms with Gasteiger partial charge in [-0.05, 0) is 24.3 Å².